The van der Waals surface area contributed by atoms with E-state index in [-0.39, 0.29) is 0 Å². The van der Waals surface area contributed by atoms with Crippen molar-refractivity contribution < 1.29 is 4.65 Å². The molecule has 1 aliphatic rings. The molecule has 0 fully saturated rings. The summed E-state index contributed by atoms with van der Waals surface area (Å²) >= 11 is 0. The highest BCUT2D eigenvalue weighted by Gasteiger charge is 2.16. The van der Waals surface area contributed by atoms with Crippen LogP contribution in [-0.2, 0) is 0 Å². The smallest absolute Gasteiger partial charge is 0.401 e. The van der Waals surface area contributed by atoms with Crippen molar-refractivity contribution in [1.82, 2.24) is 0 Å². The molecule has 4 rings (SSSR count). The number of hydrogen-bond acceptors (Lipinski definition) is 2. The van der Waals surface area contributed by atoms with Crippen molar-refractivity contribution >= 4 is 19.5 Å². The fourth-order valence-corrected chi connectivity index (χ4v) is 3.19. The highest BCUT2D eigenvalue weighted by Crippen LogP contribution is 2.35. The first-order chi connectivity index (χ1) is 12.4. The van der Waals surface area contributed by atoms with Gasteiger partial charge in [0.05, 0.1) is 0 Å². The van der Waals surface area contributed by atoms with Crippen LogP contribution in [-0.4, -0.2) is 7.48 Å². The molecule has 3 aromatic carbocycles. The van der Waals surface area contributed by atoms with Crippen molar-refractivity contribution in [3.63, 3.8) is 0 Å². The van der Waals surface area contributed by atoms with Crippen LogP contribution in [0.15, 0.2) is 79.0 Å². The van der Waals surface area contributed by atoms with Crippen LogP contribution in [0.1, 0.15) is 0 Å². The van der Waals surface area contributed by atoms with E-state index < -0.39 is 0 Å². The average Bonchev–Trinajstić information content (AvgIpc) is 3.17. The van der Waals surface area contributed by atoms with Gasteiger partial charge in [0, 0.05) is 10.8 Å². The van der Waals surface area contributed by atoms with Gasteiger partial charge in [0.25, 0.3) is 0 Å². The summed E-state index contributed by atoms with van der Waals surface area (Å²) in [5.74, 6) is 2.89. The summed E-state index contributed by atoms with van der Waals surface area (Å²) in [6.45, 7) is 0. The van der Waals surface area contributed by atoms with Crippen LogP contribution in [0.3, 0.4) is 0 Å². The number of hydrogen-bond donors (Lipinski definition) is 1. The monoisotopic (exact) mass is 322 g/mol. The first kappa shape index (κ1) is 15.3. The zero-order valence-electron chi connectivity index (χ0n) is 13.7. The molecule has 1 heterocycles. The van der Waals surface area contributed by atoms with Crippen molar-refractivity contribution in [3.8, 4) is 28.0 Å². The van der Waals surface area contributed by atoms with Crippen molar-refractivity contribution in [2.75, 3.05) is 0 Å². The summed E-state index contributed by atoms with van der Waals surface area (Å²) in [4.78, 5) is 0. The standard InChI is InChI=1S/C22H17BNO/c24-14-6-9-17-12-13-20(22-21(17)15-23-25-22)19-11-5-4-10-18(19)16-7-2-1-3-8-16/h1-15H,24H2/b14-6-,17-9-. The van der Waals surface area contributed by atoms with E-state index in [1.54, 1.807) is 7.48 Å². The van der Waals surface area contributed by atoms with Crippen LogP contribution in [0.5, 0.6) is 5.75 Å². The van der Waals surface area contributed by atoms with Crippen LogP contribution in [0, 0.1) is 0 Å². The fraction of sp³-hybridized carbons (Fsp3) is 0. The average molecular weight is 322 g/mol. The second-order valence-corrected chi connectivity index (χ2v) is 5.83. The lowest BCUT2D eigenvalue weighted by atomic mass is 9.93. The molecular weight excluding hydrogens is 305 g/mol. The molecule has 3 aromatic rings. The molecule has 0 amide bonds. The lowest BCUT2D eigenvalue weighted by Crippen LogP contribution is -2.23. The van der Waals surface area contributed by atoms with E-state index in [2.05, 4.69) is 60.7 Å². The largest absolute Gasteiger partial charge is 0.557 e. The molecule has 1 aliphatic heterocycles. The quantitative estimate of drug-likeness (QED) is 0.753. The van der Waals surface area contributed by atoms with Gasteiger partial charge in [0.2, 0.25) is 0 Å². The van der Waals surface area contributed by atoms with Gasteiger partial charge in [-0.1, -0.05) is 78.8 Å². The molecule has 2 N–H and O–H groups in total. The predicted molar refractivity (Wildman–Crippen MR) is 105 cm³/mol. The third kappa shape index (κ3) is 2.85. The molecule has 0 aromatic heterocycles. The van der Waals surface area contributed by atoms with Crippen LogP contribution in [0.25, 0.3) is 34.3 Å². The third-order valence-electron chi connectivity index (χ3n) is 4.34. The highest BCUT2D eigenvalue weighted by atomic mass is 16.4. The Balaban J connectivity index is 1.94. The third-order valence-corrected chi connectivity index (χ3v) is 4.34. The van der Waals surface area contributed by atoms with Crippen molar-refractivity contribution in [2.45, 2.75) is 0 Å². The first-order valence-electron chi connectivity index (χ1n) is 8.25. The summed E-state index contributed by atoms with van der Waals surface area (Å²) in [7, 11) is 1.74. The summed E-state index contributed by atoms with van der Waals surface area (Å²) < 4.78 is 5.84. The normalized spacial score (nSPS) is 13.2. The minimum atomic E-state index is 0.891. The molecule has 1 radical (unpaired) electrons. The van der Waals surface area contributed by atoms with Gasteiger partial charge in [0.15, 0.2) is 0 Å². The van der Waals surface area contributed by atoms with Crippen molar-refractivity contribution in [3.05, 3.63) is 89.4 Å². The highest BCUT2D eigenvalue weighted by molar-refractivity contribution is 6.48. The number of rotatable bonds is 3. The molecule has 3 heteroatoms. The van der Waals surface area contributed by atoms with Crippen LogP contribution in [0.4, 0.5) is 0 Å². The molecular formula is C22H17BNO. The van der Waals surface area contributed by atoms with E-state index in [9.17, 15) is 0 Å². The van der Waals surface area contributed by atoms with Crippen LogP contribution < -0.4 is 20.8 Å². The van der Waals surface area contributed by atoms with Gasteiger partial charge in [0.1, 0.15) is 5.75 Å². The summed E-state index contributed by atoms with van der Waals surface area (Å²) in [6, 6.07) is 23.1. The molecule has 0 aliphatic carbocycles. The van der Waals surface area contributed by atoms with Crippen molar-refractivity contribution in [2.24, 2.45) is 5.73 Å². The Kier molecular flexibility index (Phi) is 4.13. The fourth-order valence-electron chi connectivity index (χ4n) is 3.19. The number of nitrogens with two attached hydrogens (primary N) is 1. The minimum Gasteiger partial charge on any atom is -0.557 e. The Morgan fingerprint density at radius 1 is 0.800 bits per heavy atom. The van der Waals surface area contributed by atoms with Gasteiger partial charge in [-0.05, 0) is 34.2 Å². The van der Waals surface area contributed by atoms with Gasteiger partial charge >= 0.3 is 7.48 Å². The predicted octanol–water partition coefficient (Wildman–Crippen LogP) is 3.02. The van der Waals surface area contributed by atoms with Crippen LogP contribution >= 0.6 is 0 Å². The van der Waals surface area contributed by atoms with Gasteiger partial charge in [-0.15, -0.1) is 0 Å². The van der Waals surface area contributed by atoms with E-state index in [1.807, 2.05) is 24.2 Å². The number of allylic oxidation sites excluding steroid dienone is 1. The molecule has 0 unspecified atom stereocenters. The second kappa shape index (κ2) is 6.74. The molecule has 0 atom stereocenters. The topological polar surface area (TPSA) is 35.2 Å². The Labute approximate surface area is 147 Å². The Morgan fingerprint density at radius 2 is 1.56 bits per heavy atom. The molecule has 0 saturated carbocycles. The van der Waals surface area contributed by atoms with E-state index in [1.165, 1.54) is 17.3 Å². The molecule has 119 valence electrons. The maximum Gasteiger partial charge on any atom is 0.401 e. The van der Waals surface area contributed by atoms with Gasteiger partial charge in [-0.2, -0.15) is 0 Å². The minimum absolute atomic E-state index is 0.891. The van der Waals surface area contributed by atoms with E-state index in [0.29, 0.717) is 0 Å². The summed E-state index contributed by atoms with van der Waals surface area (Å²) in [6.07, 6.45) is 5.36. The Bertz CT molecular complexity index is 1060. The molecule has 2 nitrogen and oxygen atoms in total. The van der Waals surface area contributed by atoms with E-state index in [0.717, 1.165) is 27.3 Å². The van der Waals surface area contributed by atoms with Gasteiger partial charge < -0.3 is 10.4 Å². The van der Waals surface area contributed by atoms with Gasteiger partial charge in [-0.25, -0.2) is 0 Å². The maximum absolute atomic E-state index is 5.84. The lowest BCUT2D eigenvalue weighted by molar-refractivity contribution is 0.612. The SMILES string of the molecule is N/C=C\C=c1\ccc(-c2ccccc2-c2ccccc2)c2c1=C[B]O2. The lowest BCUT2D eigenvalue weighted by Gasteiger charge is -2.13. The zero-order valence-corrected chi connectivity index (χ0v) is 13.7. The molecule has 0 bridgehead atoms. The molecule has 25 heavy (non-hydrogen) atoms. The van der Waals surface area contributed by atoms with E-state index in [4.69, 9.17) is 10.4 Å². The van der Waals surface area contributed by atoms with Crippen molar-refractivity contribution in [1.29, 1.82) is 0 Å². The maximum atomic E-state index is 5.84. The second-order valence-electron chi connectivity index (χ2n) is 5.83. The molecule has 0 saturated heterocycles. The van der Waals surface area contributed by atoms with Gasteiger partial charge in [-0.3, -0.25) is 0 Å². The Hall–Kier alpha value is -3.20. The number of fused-ring (bicyclic) bond motifs is 1. The van der Waals surface area contributed by atoms with E-state index >= 15 is 0 Å². The summed E-state index contributed by atoms with van der Waals surface area (Å²) in [5.41, 5.74) is 10.1. The summed E-state index contributed by atoms with van der Waals surface area (Å²) in [5, 5.41) is 2.17. The number of benzene rings is 3. The molecule has 0 spiro atoms. The van der Waals surface area contributed by atoms with Crippen LogP contribution in [0.2, 0.25) is 0 Å². The zero-order chi connectivity index (χ0) is 17.1. The Morgan fingerprint density at radius 3 is 2.36 bits per heavy atom. The first-order valence-corrected chi connectivity index (χ1v) is 8.25.